The van der Waals surface area contributed by atoms with Gasteiger partial charge in [0.1, 0.15) is 0 Å². The Morgan fingerprint density at radius 1 is 1.56 bits per heavy atom. The molecule has 0 radical (unpaired) electrons. The molecule has 3 N–H and O–H groups in total. The van der Waals surface area contributed by atoms with Gasteiger partial charge in [-0.1, -0.05) is 0 Å². The third kappa shape index (κ3) is 0.721. The molecule has 50 valence electrons. The van der Waals surface area contributed by atoms with Crippen LogP contribution in [0.4, 0.5) is 0 Å². The van der Waals surface area contributed by atoms with Crippen LogP contribution in [0.5, 0.6) is 0 Å². The van der Waals surface area contributed by atoms with Crippen LogP contribution >= 0.6 is 0 Å². The fourth-order valence-electron chi connectivity index (χ4n) is 1.54. The monoisotopic (exact) mass is 126 g/mol. The SMILES string of the molecule is NC(=O)[C@@H]1CC2CC2N1. The van der Waals surface area contributed by atoms with E-state index in [0.717, 1.165) is 12.3 Å². The molecule has 1 aliphatic heterocycles. The van der Waals surface area contributed by atoms with Crippen LogP contribution in [-0.2, 0) is 4.79 Å². The summed E-state index contributed by atoms with van der Waals surface area (Å²) in [6.45, 7) is 0. The van der Waals surface area contributed by atoms with Gasteiger partial charge in [-0.3, -0.25) is 4.79 Å². The molecule has 9 heavy (non-hydrogen) atoms. The second-order valence-corrected chi connectivity index (χ2v) is 2.96. The standard InChI is InChI=1S/C6H10N2O/c7-6(9)5-2-3-1-4(3)8-5/h3-5,8H,1-2H2,(H2,7,9)/t3?,4?,5-/m0/s1. The molecule has 0 aromatic carbocycles. The molecule has 1 amide bonds. The van der Waals surface area contributed by atoms with Gasteiger partial charge in [-0.25, -0.2) is 0 Å². The van der Waals surface area contributed by atoms with E-state index < -0.39 is 0 Å². The van der Waals surface area contributed by atoms with Crippen molar-refractivity contribution in [3.05, 3.63) is 0 Å². The summed E-state index contributed by atoms with van der Waals surface area (Å²) in [5.74, 6) is 0.574. The van der Waals surface area contributed by atoms with E-state index in [-0.39, 0.29) is 11.9 Å². The second-order valence-electron chi connectivity index (χ2n) is 2.96. The third-order valence-electron chi connectivity index (χ3n) is 2.22. The fraction of sp³-hybridized carbons (Fsp3) is 0.833. The summed E-state index contributed by atoms with van der Waals surface area (Å²) in [7, 11) is 0. The topological polar surface area (TPSA) is 55.1 Å². The molecule has 1 saturated carbocycles. The van der Waals surface area contributed by atoms with Gasteiger partial charge in [0.2, 0.25) is 5.91 Å². The van der Waals surface area contributed by atoms with Crippen LogP contribution in [0.1, 0.15) is 12.8 Å². The fourth-order valence-corrected chi connectivity index (χ4v) is 1.54. The van der Waals surface area contributed by atoms with Crippen LogP contribution in [-0.4, -0.2) is 18.0 Å². The quantitative estimate of drug-likeness (QED) is 0.484. The summed E-state index contributed by atoms with van der Waals surface area (Å²) in [5.41, 5.74) is 5.08. The van der Waals surface area contributed by atoms with Gasteiger partial charge in [0.15, 0.2) is 0 Å². The average molecular weight is 126 g/mol. The predicted octanol–water partition coefficient (Wildman–Crippen LogP) is -0.778. The Hall–Kier alpha value is -0.570. The molecule has 1 saturated heterocycles. The van der Waals surface area contributed by atoms with E-state index in [2.05, 4.69) is 5.32 Å². The zero-order valence-corrected chi connectivity index (χ0v) is 5.13. The maximum atomic E-state index is 10.5. The normalized spacial score (nSPS) is 46.4. The van der Waals surface area contributed by atoms with Gasteiger partial charge in [0.25, 0.3) is 0 Å². The summed E-state index contributed by atoms with van der Waals surface area (Å²) in [6.07, 6.45) is 2.23. The summed E-state index contributed by atoms with van der Waals surface area (Å²) < 4.78 is 0. The Labute approximate surface area is 53.6 Å². The van der Waals surface area contributed by atoms with E-state index >= 15 is 0 Å². The van der Waals surface area contributed by atoms with Gasteiger partial charge in [-0.05, 0) is 18.8 Å². The van der Waals surface area contributed by atoms with Crippen molar-refractivity contribution in [2.75, 3.05) is 0 Å². The van der Waals surface area contributed by atoms with Crippen molar-refractivity contribution in [3.8, 4) is 0 Å². The molecule has 0 bridgehead atoms. The van der Waals surface area contributed by atoms with Crippen LogP contribution in [0.3, 0.4) is 0 Å². The van der Waals surface area contributed by atoms with Crippen LogP contribution in [0, 0.1) is 5.92 Å². The number of amides is 1. The molecule has 3 atom stereocenters. The number of hydrogen-bond donors (Lipinski definition) is 2. The minimum absolute atomic E-state index is 0.0197. The third-order valence-corrected chi connectivity index (χ3v) is 2.22. The van der Waals surface area contributed by atoms with E-state index in [1.54, 1.807) is 0 Å². The Bertz CT molecular complexity index is 147. The number of fused-ring (bicyclic) bond motifs is 1. The van der Waals surface area contributed by atoms with E-state index in [9.17, 15) is 4.79 Å². The number of piperidine rings is 1. The Kier molecular flexibility index (Phi) is 0.858. The first-order valence-electron chi connectivity index (χ1n) is 3.33. The first-order chi connectivity index (χ1) is 4.27. The Balaban J connectivity index is 1.97. The highest BCUT2D eigenvalue weighted by molar-refractivity contribution is 5.80. The number of nitrogens with one attached hydrogen (secondary N) is 1. The van der Waals surface area contributed by atoms with Crippen LogP contribution < -0.4 is 11.1 Å². The molecule has 3 heteroatoms. The van der Waals surface area contributed by atoms with Gasteiger partial charge in [-0.15, -0.1) is 0 Å². The van der Waals surface area contributed by atoms with Crippen molar-refractivity contribution in [2.24, 2.45) is 11.7 Å². The van der Waals surface area contributed by atoms with Crippen molar-refractivity contribution < 1.29 is 4.79 Å². The molecule has 2 unspecified atom stereocenters. The van der Waals surface area contributed by atoms with Crippen molar-refractivity contribution in [2.45, 2.75) is 24.9 Å². The van der Waals surface area contributed by atoms with Crippen molar-refractivity contribution in [1.29, 1.82) is 0 Å². The Morgan fingerprint density at radius 3 is 2.67 bits per heavy atom. The van der Waals surface area contributed by atoms with E-state index in [4.69, 9.17) is 5.73 Å². The number of nitrogens with two attached hydrogens (primary N) is 1. The number of primary amides is 1. The molecular weight excluding hydrogens is 116 g/mol. The van der Waals surface area contributed by atoms with E-state index in [0.29, 0.717) is 6.04 Å². The minimum atomic E-state index is -0.192. The van der Waals surface area contributed by atoms with Crippen molar-refractivity contribution in [1.82, 2.24) is 5.32 Å². The van der Waals surface area contributed by atoms with Crippen LogP contribution in [0.15, 0.2) is 0 Å². The van der Waals surface area contributed by atoms with Crippen LogP contribution in [0.2, 0.25) is 0 Å². The van der Waals surface area contributed by atoms with E-state index in [1.807, 2.05) is 0 Å². The molecule has 0 aromatic rings. The Morgan fingerprint density at radius 2 is 2.33 bits per heavy atom. The first-order valence-corrected chi connectivity index (χ1v) is 3.33. The lowest BCUT2D eigenvalue weighted by Gasteiger charge is -2.06. The number of hydrogen-bond acceptors (Lipinski definition) is 2. The number of rotatable bonds is 1. The summed E-state index contributed by atoms with van der Waals surface area (Å²) in [5, 5.41) is 3.15. The zero-order chi connectivity index (χ0) is 6.43. The lowest BCUT2D eigenvalue weighted by molar-refractivity contribution is -0.119. The van der Waals surface area contributed by atoms with Gasteiger partial charge in [-0.2, -0.15) is 0 Å². The molecule has 0 aromatic heterocycles. The molecule has 2 aliphatic rings. The maximum absolute atomic E-state index is 10.5. The molecule has 2 rings (SSSR count). The molecule has 1 aliphatic carbocycles. The largest absolute Gasteiger partial charge is 0.368 e. The predicted molar refractivity (Wildman–Crippen MR) is 32.6 cm³/mol. The van der Waals surface area contributed by atoms with Gasteiger partial charge < -0.3 is 11.1 Å². The minimum Gasteiger partial charge on any atom is -0.368 e. The van der Waals surface area contributed by atoms with Crippen molar-refractivity contribution in [3.63, 3.8) is 0 Å². The van der Waals surface area contributed by atoms with Gasteiger partial charge in [0.05, 0.1) is 6.04 Å². The van der Waals surface area contributed by atoms with Gasteiger partial charge >= 0.3 is 0 Å². The molecule has 3 nitrogen and oxygen atoms in total. The first kappa shape index (κ1) is 5.23. The molecule has 1 heterocycles. The smallest absolute Gasteiger partial charge is 0.234 e. The highest BCUT2D eigenvalue weighted by Crippen LogP contribution is 2.40. The molecule has 2 fully saturated rings. The molecular formula is C6H10N2O. The summed E-state index contributed by atoms with van der Waals surface area (Å²) in [4.78, 5) is 10.5. The average Bonchev–Trinajstić information content (AvgIpc) is 2.40. The second kappa shape index (κ2) is 1.48. The van der Waals surface area contributed by atoms with E-state index in [1.165, 1.54) is 6.42 Å². The van der Waals surface area contributed by atoms with Crippen molar-refractivity contribution >= 4 is 5.91 Å². The number of carbonyl (C=O) groups is 1. The molecule has 0 spiro atoms. The summed E-state index contributed by atoms with van der Waals surface area (Å²) >= 11 is 0. The lowest BCUT2D eigenvalue weighted by Crippen LogP contribution is -2.38. The zero-order valence-electron chi connectivity index (χ0n) is 5.13. The summed E-state index contributed by atoms with van der Waals surface area (Å²) in [6, 6.07) is 0.608. The van der Waals surface area contributed by atoms with Gasteiger partial charge in [0, 0.05) is 6.04 Å². The number of carbonyl (C=O) groups excluding carboxylic acids is 1. The highest BCUT2D eigenvalue weighted by Gasteiger charge is 2.47. The van der Waals surface area contributed by atoms with Crippen LogP contribution in [0.25, 0.3) is 0 Å². The lowest BCUT2D eigenvalue weighted by atomic mass is 10.2. The highest BCUT2D eigenvalue weighted by atomic mass is 16.1. The maximum Gasteiger partial charge on any atom is 0.234 e.